The number of carbonyl (C=O) groups is 1. The fourth-order valence-electron chi connectivity index (χ4n) is 2.42. The van der Waals surface area contributed by atoms with Gasteiger partial charge in [-0.1, -0.05) is 6.07 Å². The molecule has 1 N–H and O–H groups in total. The number of nitrogens with one attached hydrogen (secondary N) is 1. The molecule has 2 heterocycles. The summed E-state index contributed by atoms with van der Waals surface area (Å²) in [5, 5.41) is 5.45. The Morgan fingerprint density at radius 3 is 2.76 bits per heavy atom. The van der Waals surface area contributed by atoms with Gasteiger partial charge in [0.15, 0.2) is 11.5 Å². The highest BCUT2D eigenvalue weighted by atomic mass is 32.1. The standard InChI is InChI=1S/C20H17F2N3O3S/c1-27-17-10-13(2-4-16(17)28-20(21)22)3-5-18(26)24-11-19-25-15(12-29-19)14-6-8-23-9-7-14/h2-10,12,20H,11H2,1H3,(H,24,26)/b5-3+. The molecule has 0 aliphatic heterocycles. The third kappa shape index (κ3) is 5.82. The van der Waals surface area contributed by atoms with Gasteiger partial charge < -0.3 is 14.8 Å². The molecule has 0 atom stereocenters. The molecular formula is C20H17F2N3O3S. The summed E-state index contributed by atoms with van der Waals surface area (Å²) in [6.45, 7) is -2.65. The van der Waals surface area contributed by atoms with Crippen molar-refractivity contribution in [2.24, 2.45) is 0 Å². The zero-order valence-corrected chi connectivity index (χ0v) is 16.2. The number of alkyl halides is 2. The van der Waals surface area contributed by atoms with Gasteiger partial charge in [-0.3, -0.25) is 9.78 Å². The van der Waals surface area contributed by atoms with Gasteiger partial charge in [0.2, 0.25) is 5.91 Å². The number of aromatic nitrogens is 2. The van der Waals surface area contributed by atoms with Gasteiger partial charge in [0, 0.05) is 29.4 Å². The van der Waals surface area contributed by atoms with Gasteiger partial charge in [-0.05, 0) is 35.9 Å². The van der Waals surface area contributed by atoms with E-state index in [9.17, 15) is 13.6 Å². The lowest BCUT2D eigenvalue weighted by atomic mass is 10.2. The van der Waals surface area contributed by atoms with E-state index in [2.05, 4.69) is 20.0 Å². The molecule has 0 fully saturated rings. The summed E-state index contributed by atoms with van der Waals surface area (Å²) < 4.78 is 34.1. The third-order valence-corrected chi connectivity index (χ3v) is 4.62. The van der Waals surface area contributed by atoms with Crippen molar-refractivity contribution in [2.75, 3.05) is 7.11 Å². The highest BCUT2D eigenvalue weighted by molar-refractivity contribution is 7.09. The molecule has 1 amide bonds. The van der Waals surface area contributed by atoms with Crippen molar-refractivity contribution >= 4 is 23.3 Å². The Hall–Kier alpha value is -3.33. The molecule has 0 aliphatic rings. The number of halogens is 2. The molecule has 0 aliphatic carbocycles. The number of benzene rings is 1. The molecule has 150 valence electrons. The fraction of sp³-hybridized carbons (Fsp3) is 0.150. The van der Waals surface area contributed by atoms with Crippen LogP contribution in [0.3, 0.4) is 0 Å². The third-order valence-electron chi connectivity index (χ3n) is 3.77. The first-order valence-electron chi connectivity index (χ1n) is 8.48. The predicted octanol–water partition coefficient (Wildman–Crippen LogP) is 4.14. The second-order valence-electron chi connectivity index (χ2n) is 5.70. The number of methoxy groups -OCH3 is 1. The molecule has 0 unspecified atom stereocenters. The second-order valence-corrected chi connectivity index (χ2v) is 6.64. The van der Waals surface area contributed by atoms with Gasteiger partial charge in [0.25, 0.3) is 0 Å². The van der Waals surface area contributed by atoms with Gasteiger partial charge in [0.05, 0.1) is 19.3 Å². The number of hydrogen-bond donors (Lipinski definition) is 1. The lowest BCUT2D eigenvalue weighted by Gasteiger charge is -2.10. The maximum absolute atomic E-state index is 12.4. The molecule has 6 nitrogen and oxygen atoms in total. The molecule has 3 aromatic rings. The maximum Gasteiger partial charge on any atom is 0.387 e. The summed E-state index contributed by atoms with van der Waals surface area (Å²) in [5.74, 6) is -0.227. The van der Waals surface area contributed by atoms with Crippen molar-refractivity contribution in [3.63, 3.8) is 0 Å². The lowest BCUT2D eigenvalue weighted by Crippen LogP contribution is -2.20. The van der Waals surface area contributed by atoms with Crippen LogP contribution in [0.25, 0.3) is 17.3 Å². The topological polar surface area (TPSA) is 73.3 Å². The highest BCUT2D eigenvalue weighted by Gasteiger charge is 2.10. The summed E-state index contributed by atoms with van der Waals surface area (Å²) in [5.41, 5.74) is 2.39. The Labute approximate surface area is 169 Å². The van der Waals surface area contributed by atoms with E-state index < -0.39 is 6.61 Å². The molecule has 0 saturated heterocycles. The largest absolute Gasteiger partial charge is 0.493 e. The lowest BCUT2D eigenvalue weighted by molar-refractivity contribution is -0.116. The monoisotopic (exact) mass is 417 g/mol. The van der Waals surface area contributed by atoms with Crippen LogP contribution in [-0.2, 0) is 11.3 Å². The van der Waals surface area contributed by atoms with Crippen LogP contribution in [0.1, 0.15) is 10.6 Å². The van der Waals surface area contributed by atoms with Crippen LogP contribution < -0.4 is 14.8 Å². The molecule has 1 aromatic carbocycles. The van der Waals surface area contributed by atoms with Crippen molar-refractivity contribution in [2.45, 2.75) is 13.2 Å². The smallest absolute Gasteiger partial charge is 0.387 e. The first-order valence-corrected chi connectivity index (χ1v) is 9.36. The van der Waals surface area contributed by atoms with E-state index in [1.165, 1.54) is 36.7 Å². The molecule has 29 heavy (non-hydrogen) atoms. The zero-order chi connectivity index (χ0) is 20.6. The second kappa shape index (κ2) is 9.74. The highest BCUT2D eigenvalue weighted by Crippen LogP contribution is 2.29. The van der Waals surface area contributed by atoms with Gasteiger partial charge in [-0.15, -0.1) is 11.3 Å². The van der Waals surface area contributed by atoms with Gasteiger partial charge in [-0.25, -0.2) is 4.98 Å². The number of thiazole rings is 1. The number of carbonyl (C=O) groups excluding carboxylic acids is 1. The number of ether oxygens (including phenoxy) is 2. The van der Waals surface area contributed by atoms with E-state index >= 15 is 0 Å². The minimum Gasteiger partial charge on any atom is -0.493 e. The van der Waals surface area contributed by atoms with Crippen LogP contribution in [0.15, 0.2) is 54.2 Å². The summed E-state index contributed by atoms with van der Waals surface area (Å²) >= 11 is 1.45. The van der Waals surface area contributed by atoms with Gasteiger partial charge in [-0.2, -0.15) is 8.78 Å². The molecular weight excluding hydrogens is 400 g/mol. The number of nitrogens with zero attached hydrogens (tertiary/aromatic N) is 2. The number of rotatable bonds is 8. The van der Waals surface area contributed by atoms with Crippen molar-refractivity contribution in [1.82, 2.24) is 15.3 Å². The molecule has 2 aromatic heterocycles. The van der Waals surface area contributed by atoms with Crippen molar-refractivity contribution in [3.8, 4) is 22.8 Å². The molecule has 0 spiro atoms. The summed E-state index contributed by atoms with van der Waals surface area (Å²) in [4.78, 5) is 20.5. The zero-order valence-electron chi connectivity index (χ0n) is 15.3. The summed E-state index contributed by atoms with van der Waals surface area (Å²) in [7, 11) is 1.35. The quantitative estimate of drug-likeness (QED) is 0.558. The Bertz CT molecular complexity index is 994. The number of hydrogen-bond acceptors (Lipinski definition) is 6. The molecule has 0 radical (unpaired) electrons. The van der Waals surface area contributed by atoms with Crippen LogP contribution >= 0.6 is 11.3 Å². The van der Waals surface area contributed by atoms with Crippen LogP contribution in [0.2, 0.25) is 0 Å². The SMILES string of the molecule is COc1cc(/C=C/C(=O)NCc2nc(-c3ccncc3)cs2)ccc1OC(F)F. The Kier molecular flexibility index (Phi) is 6.85. The van der Waals surface area contributed by atoms with Gasteiger partial charge in [0.1, 0.15) is 5.01 Å². The minimum absolute atomic E-state index is 0.0714. The van der Waals surface area contributed by atoms with Gasteiger partial charge >= 0.3 is 6.61 Å². The van der Waals surface area contributed by atoms with Crippen LogP contribution in [0.5, 0.6) is 11.5 Å². The van der Waals surface area contributed by atoms with Crippen molar-refractivity contribution in [3.05, 3.63) is 64.8 Å². The first kappa shape index (κ1) is 20.4. The number of amides is 1. The van der Waals surface area contributed by atoms with Crippen LogP contribution in [0.4, 0.5) is 8.78 Å². The average Bonchev–Trinajstić information content (AvgIpc) is 3.21. The van der Waals surface area contributed by atoms with Crippen LogP contribution in [0, 0.1) is 0 Å². The minimum atomic E-state index is -2.94. The van der Waals surface area contributed by atoms with Crippen molar-refractivity contribution < 1.29 is 23.0 Å². The fourth-order valence-corrected chi connectivity index (χ4v) is 3.17. The van der Waals surface area contributed by atoms with E-state index in [1.807, 2.05) is 17.5 Å². The van der Waals surface area contributed by atoms with E-state index in [0.717, 1.165) is 16.3 Å². The first-order chi connectivity index (χ1) is 14.0. The van der Waals surface area contributed by atoms with E-state index in [1.54, 1.807) is 24.5 Å². The average molecular weight is 417 g/mol. The Morgan fingerprint density at radius 2 is 2.03 bits per heavy atom. The normalized spacial score (nSPS) is 11.0. The maximum atomic E-state index is 12.4. The Balaban J connectivity index is 1.57. The van der Waals surface area contributed by atoms with Crippen LogP contribution in [-0.4, -0.2) is 29.6 Å². The molecule has 0 bridgehead atoms. The molecule has 0 saturated carbocycles. The molecule has 3 rings (SSSR count). The van der Waals surface area contributed by atoms with E-state index in [-0.39, 0.29) is 17.4 Å². The predicted molar refractivity (Wildman–Crippen MR) is 106 cm³/mol. The summed E-state index contributed by atoms with van der Waals surface area (Å²) in [6, 6.07) is 8.14. The Morgan fingerprint density at radius 1 is 1.24 bits per heavy atom. The van der Waals surface area contributed by atoms with E-state index in [4.69, 9.17) is 4.74 Å². The van der Waals surface area contributed by atoms with E-state index in [0.29, 0.717) is 12.1 Å². The number of pyridine rings is 1. The molecule has 9 heteroatoms. The van der Waals surface area contributed by atoms with Crippen molar-refractivity contribution in [1.29, 1.82) is 0 Å². The summed E-state index contributed by atoms with van der Waals surface area (Å²) in [6.07, 6.45) is 6.29.